The van der Waals surface area contributed by atoms with Crippen LogP contribution in [0.5, 0.6) is 0 Å². The molecule has 1 amide bonds. The van der Waals surface area contributed by atoms with E-state index in [0.717, 1.165) is 28.4 Å². The van der Waals surface area contributed by atoms with Crippen LogP contribution in [-0.4, -0.2) is 29.7 Å². The van der Waals surface area contributed by atoms with Gasteiger partial charge in [0.1, 0.15) is 0 Å². The molecule has 1 saturated heterocycles. The summed E-state index contributed by atoms with van der Waals surface area (Å²) in [7, 11) is 0. The third kappa shape index (κ3) is 3.75. The highest BCUT2D eigenvalue weighted by Crippen LogP contribution is 2.23. The van der Waals surface area contributed by atoms with Gasteiger partial charge in [-0.15, -0.1) is 0 Å². The molecule has 3 nitrogen and oxygen atoms in total. The van der Waals surface area contributed by atoms with Crippen molar-refractivity contribution in [2.24, 2.45) is 5.92 Å². The Labute approximate surface area is 150 Å². The van der Waals surface area contributed by atoms with Crippen LogP contribution in [0.2, 0.25) is 0 Å². The minimum atomic E-state index is 0.0154. The fraction of sp³-hybridized carbons (Fsp3) is 0.300. The van der Waals surface area contributed by atoms with Gasteiger partial charge >= 0.3 is 0 Å². The SMILES string of the molecule is Cc1ccc(C(=O)C2CCN(C(=O)c3ccc(Br)cc3)CC2)cc1. The normalized spacial score (nSPS) is 15.3. The number of rotatable bonds is 3. The minimum absolute atomic E-state index is 0.0154. The van der Waals surface area contributed by atoms with Gasteiger partial charge in [-0.25, -0.2) is 0 Å². The van der Waals surface area contributed by atoms with Crippen LogP contribution < -0.4 is 0 Å². The number of nitrogens with zero attached hydrogens (tertiary/aromatic N) is 1. The Balaban J connectivity index is 1.61. The third-order valence-corrected chi connectivity index (χ3v) is 5.11. The minimum Gasteiger partial charge on any atom is -0.339 e. The van der Waals surface area contributed by atoms with E-state index in [2.05, 4.69) is 15.9 Å². The first kappa shape index (κ1) is 16.9. The van der Waals surface area contributed by atoms with Gasteiger partial charge in [-0.2, -0.15) is 0 Å². The zero-order valence-corrected chi connectivity index (χ0v) is 15.3. The Kier molecular flexibility index (Phi) is 5.14. The second-order valence-corrected chi connectivity index (χ2v) is 7.22. The van der Waals surface area contributed by atoms with Crippen LogP contribution in [0.25, 0.3) is 0 Å². The van der Waals surface area contributed by atoms with Crippen LogP contribution in [-0.2, 0) is 0 Å². The van der Waals surface area contributed by atoms with E-state index in [-0.39, 0.29) is 17.6 Å². The van der Waals surface area contributed by atoms with Gasteiger partial charge in [0.25, 0.3) is 5.91 Å². The Bertz CT molecular complexity index is 664. The highest BCUT2D eigenvalue weighted by molar-refractivity contribution is 9.10. The second kappa shape index (κ2) is 7.31. The molecular weight excluding hydrogens is 366 g/mol. The third-order valence-electron chi connectivity index (χ3n) is 4.58. The number of benzene rings is 2. The number of carbonyl (C=O) groups excluding carboxylic acids is 2. The largest absolute Gasteiger partial charge is 0.339 e. The van der Waals surface area contributed by atoms with E-state index in [4.69, 9.17) is 0 Å². The van der Waals surface area contributed by atoms with E-state index in [1.807, 2.05) is 60.4 Å². The lowest BCUT2D eigenvalue weighted by Gasteiger charge is -2.31. The van der Waals surface area contributed by atoms with Crippen molar-refractivity contribution in [2.45, 2.75) is 19.8 Å². The van der Waals surface area contributed by atoms with Crippen molar-refractivity contribution in [1.29, 1.82) is 0 Å². The van der Waals surface area contributed by atoms with Crippen molar-refractivity contribution >= 4 is 27.6 Å². The van der Waals surface area contributed by atoms with Crippen molar-refractivity contribution < 1.29 is 9.59 Å². The predicted molar refractivity (Wildman–Crippen MR) is 98.3 cm³/mol. The van der Waals surface area contributed by atoms with Gasteiger partial charge in [-0.3, -0.25) is 9.59 Å². The monoisotopic (exact) mass is 385 g/mol. The zero-order chi connectivity index (χ0) is 17.1. The Hall–Kier alpha value is -1.94. The quantitative estimate of drug-likeness (QED) is 0.729. The van der Waals surface area contributed by atoms with E-state index in [1.165, 1.54) is 0 Å². The lowest BCUT2D eigenvalue weighted by molar-refractivity contribution is 0.0650. The summed E-state index contributed by atoms with van der Waals surface area (Å²) in [6, 6.07) is 15.2. The second-order valence-electron chi connectivity index (χ2n) is 6.30. The van der Waals surface area contributed by atoms with Crippen LogP contribution >= 0.6 is 15.9 Å². The maximum Gasteiger partial charge on any atom is 0.253 e. The number of hydrogen-bond acceptors (Lipinski definition) is 2. The molecule has 0 bridgehead atoms. The molecule has 2 aromatic carbocycles. The van der Waals surface area contributed by atoms with E-state index < -0.39 is 0 Å². The van der Waals surface area contributed by atoms with Crippen molar-refractivity contribution in [2.75, 3.05) is 13.1 Å². The number of aryl methyl sites for hydroxylation is 1. The molecule has 1 aliphatic heterocycles. The van der Waals surface area contributed by atoms with Gasteiger partial charge < -0.3 is 4.90 Å². The average Bonchev–Trinajstić information content (AvgIpc) is 2.62. The maximum absolute atomic E-state index is 12.6. The lowest BCUT2D eigenvalue weighted by Crippen LogP contribution is -2.40. The van der Waals surface area contributed by atoms with E-state index >= 15 is 0 Å². The molecule has 0 atom stereocenters. The van der Waals surface area contributed by atoms with Gasteiger partial charge in [0, 0.05) is 34.6 Å². The first-order valence-corrected chi connectivity index (χ1v) is 8.99. The summed E-state index contributed by atoms with van der Waals surface area (Å²) in [5.74, 6) is 0.260. The summed E-state index contributed by atoms with van der Waals surface area (Å²) in [5, 5.41) is 0. The Morgan fingerprint density at radius 3 is 2.04 bits per heavy atom. The van der Waals surface area contributed by atoms with Crippen molar-refractivity contribution in [1.82, 2.24) is 4.90 Å². The predicted octanol–water partition coefficient (Wildman–Crippen LogP) is 4.49. The fourth-order valence-electron chi connectivity index (χ4n) is 3.07. The van der Waals surface area contributed by atoms with E-state index in [9.17, 15) is 9.59 Å². The number of carbonyl (C=O) groups is 2. The summed E-state index contributed by atoms with van der Waals surface area (Å²) in [6.07, 6.45) is 1.46. The molecule has 0 aliphatic carbocycles. The summed E-state index contributed by atoms with van der Waals surface area (Å²) < 4.78 is 0.960. The smallest absolute Gasteiger partial charge is 0.253 e. The molecule has 4 heteroatoms. The average molecular weight is 386 g/mol. The van der Waals surface area contributed by atoms with Crippen LogP contribution in [0.3, 0.4) is 0 Å². The maximum atomic E-state index is 12.6. The van der Waals surface area contributed by atoms with Crippen LogP contribution in [0.4, 0.5) is 0 Å². The molecule has 1 aliphatic rings. The van der Waals surface area contributed by atoms with Crippen LogP contribution in [0.1, 0.15) is 39.1 Å². The van der Waals surface area contributed by atoms with Crippen LogP contribution in [0, 0.1) is 12.8 Å². The van der Waals surface area contributed by atoms with Crippen molar-refractivity contribution in [3.05, 3.63) is 69.7 Å². The topological polar surface area (TPSA) is 37.4 Å². The number of amides is 1. The molecule has 0 N–H and O–H groups in total. The molecule has 1 fully saturated rings. The summed E-state index contributed by atoms with van der Waals surface area (Å²) in [6.45, 7) is 3.29. The number of ketones is 1. The highest BCUT2D eigenvalue weighted by Gasteiger charge is 2.28. The van der Waals surface area contributed by atoms with Crippen LogP contribution in [0.15, 0.2) is 53.0 Å². The lowest BCUT2D eigenvalue weighted by atomic mass is 9.88. The molecule has 124 valence electrons. The molecule has 0 unspecified atom stereocenters. The van der Waals surface area contributed by atoms with Gasteiger partial charge in [0.2, 0.25) is 0 Å². The summed E-state index contributed by atoms with van der Waals surface area (Å²) in [4.78, 5) is 27.0. The molecule has 0 saturated carbocycles. The number of halogens is 1. The number of piperidine rings is 1. The molecule has 3 rings (SSSR count). The number of Topliss-reactive ketones (excluding diaryl/α,β-unsaturated/α-hetero) is 1. The molecule has 0 radical (unpaired) electrons. The van der Waals surface area contributed by atoms with Gasteiger partial charge in [0.05, 0.1) is 0 Å². The van der Waals surface area contributed by atoms with Gasteiger partial charge in [0.15, 0.2) is 5.78 Å². The standard InChI is InChI=1S/C20H20BrNO2/c1-14-2-4-15(5-3-14)19(23)16-10-12-22(13-11-16)20(24)17-6-8-18(21)9-7-17/h2-9,16H,10-13H2,1H3. The van der Waals surface area contributed by atoms with Gasteiger partial charge in [-0.1, -0.05) is 45.8 Å². The Morgan fingerprint density at radius 1 is 0.917 bits per heavy atom. The number of hydrogen-bond donors (Lipinski definition) is 0. The molecule has 0 aromatic heterocycles. The molecule has 2 aromatic rings. The first-order valence-electron chi connectivity index (χ1n) is 8.20. The molecule has 24 heavy (non-hydrogen) atoms. The van der Waals surface area contributed by atoms with Crippen molar-refractivity contribution in [3.63, 3.8) is 0 Å². The fourth-order valence-corrected chi connectivity index (χ4v) is 3.34. The molecule has 0 spiro atoms. The van der Waals surface area contributed by atoms with Crippen molar-refractivity contribution in [3.8, 4) is 0 Å². The first-order chi connectivity index (χ1) is 11.5. The van der Waals surface area contributed by atoms with E-state index in [0.29, 0.717) is 18.7 Å². The molecule has 1 heterocycles. The zero-order valence-electron chi connectivity index (χ0n) is 13.7. The van der Waals surface area contributed by atoms with E-state index in [1.54, 1.807) is 0 Å². The summed E-state index contributed by atoms with van der Waals surface area (Å²) >= 11 is 3.38. The van der Waals surface area contributed by atoms with Gasteiger partial charge in [-0.05, 0) is 44.0 Å². The summed E-state index contributed by atoms with van der Waals surface area (Å²) in [5.41, 5.74) is 2.63. The Morgan fingerprint density at radius 2 is 1.46 bits per heavy atom. The highest BCUT2D eigenvalue weighted by atomic mass is 79.9. The number of likely N-dealkylation sites (tertiary alicyclic amines) is 1. The molecular formula is C20H20BrNO2.